The molecule has 0 amide bonds. The van der Waals surface area contributed by atoms with Crippen LogP contribution in [0.3, 0.4) is 0 Å². The Morgan fingerprint density at radius 3 is 2.00 bits per heavy atom. The molecule has 3 nitrogen and oxygen atoms in total. The van der Waals surface area contributed by atoms with Crippen molar-refractivity contribution in [2.75, 3.05) is 4.90 Å². The van der Waals surface area contributed by atoms with Crippen molar-refractivity contribution in [1.29, 1.82) is 0 Å². The summed E-state index contributed by atoms with van der Waals surface area (Å²) in [5, 5.41) is 9.74. The molecular weight excluding hydrogens is 629 g/mol. The minimum atomic E-state index is 0.891. The quantitative estimate of drug-likeness (QED) is 0.188. The number of para-hydroxylation sites is 3. The van der Waals surface area contributed by atoms with Gasteiger partial charge >= 0.3 is 0 Å². The molecule has 0 spiro atoms. The van der Waals surface area contributed by atoms with E-state index < -0.39 is 0 Å². The van der Waals surface area contributed by atoms with Crippen molar-refractivity contribution in [3.8, 4) is 5.69 Å². The highest BCUT2D eigenvalue weighted by atomic mass is 32.1. The molecule has 0 unspecified atom stereocenters. The van der Waals surface area contributed by atoms with Crippen LogP contribution in [0.5, 0.6) is 0 Å². The summed E-state index contributed by atoms with van der Waals surface area (Å²) in [6.07, 6.45) is 0. The molecule has 0 N–H and O–H groups in total. The average Bonchev–Trinajstić information content (AvgIpc) is 3.83. The Morgan fingerprint density at radius 2 is 1.12 bits per heavy atom. The molecule has 50 heavy (non-hydrogen) atoms. The van der Waals surface area contributed by atoms with Crippen molar-refractivity contribution in [3.05, 3.63) is 170 Å². The second kappa shape index (κ2) is 10.6. The van der Waals surface area contributed by atoms with Crippen LogP contribution in [0.15, 0.2) is 174 Å². The molecule has 3 heterocycles. The topological polar surface area (TPSA) is 21.3 Å². The summed E-state index contributed by atoms with van der Waals surface area (Å²) in [4.78, 5) is 2.44. The zero-order chi connectivity index (χ0) is 32.8. The van der Waals surface area contributed by atoms with Crippen molar-refractivity contribution in [3.63, 3.8) is 0 Å². The van der Waals surface area contributed by atoms with Crippen molar-refractivity contribution in [2.45, 2.75) is 0 Å². The molecule has 0 aliphatic heterocycles. The van der Waals surface area contributed by atoms with Gasteiger partial charge in [0.15, 0.2) is 0 Å². The van der Waals surface area contributed by atoms with E-state index >= 15 is 0 Å². The number of benzene rings is 8. The molecule has 11 aromatic rings. The van der Waals surface area contributed by atoms with Gasteiger partial charge in [-0.1, -0.05) is 84.9 Å². The standard InChI is InChI=1S/C46H28N2OS/c1-2-13-31(14-3-1)48-39-17-8-6-15-34(39)36-27-32(21-23-40(36)48)47(33-22-24-43-37(28-33)35-16-7-9-19-42(35)49-43)41-18-10-20-44-46(41)38-25-29-11-4-5-12-30(29)26-45(38)50-44/h1-28H. The van der Waals surface area contributed by atoms with Gasteiger partial charge in [0.1, 0.15) is 11.2 Å². The molecule has 0 atom stereocenters. The fraction of sp³-hybridized carbons (Fsp3) is 0. The number of rotatable bonds is 4. The van der Waals surface area contributed by atoms with Crippen LogP contribution in [0.2, 0.25) is 0 Å². The lowest BCUT2D eigenvalue weighted by Crippen LogP contribution is -2.10. The van der Waals surface area contributed by atoms with Gasteiger partial charge in [0, 0.05) is 58.8 Å². The van der Waals surface area contributed by atoms with Gasteiger partial charge in [0.05, 0.1) is 16.7 Å². The van der Waals surface area contributed by atoms with Gasteiger partial charge in [0.2, 0.25) is 0 Å². The zero-order valence-corrected chi connectivity index (χ0v) is 27.7. The Morgan fingerprint density at radius 1 is 0.440 bits per heavy atom. The van der Waals surface area contributed by atoms with E-state index in [4.69, 9.17) is 4.42 Å². The fourth-order valence-corrected chi connectivity index (χ4v) is 9.07. The van der Waals surface area contributed by atoms with Crippen LogP contribution in [0, 0.1) is 0 Å². The Bertz CT molecular complexity index is 3110. The summed E-state index contributed by atoms with van der Waals surface area (Å²) in [5.41, 5.74) is 8.67. The molecule has 0 saturated carbocycles. The van der Waals surface area contributed by atoms with E-state index in [0.29, 0.717) is 0 Å². The van der Waals surface area contributed by atoms with Crippen LogP contribution in [-0.2, 0) is 0 Å². The summed E-state index contributed by atoms with van der Waals surface area (Å²) in [6.45, 7) is 0. The molecule has 0 fully saturated rings. The van der Waals surface area contributed by atoms with Crippen LogP contribution in [-0.4, -0.2) is 4.57 Å². The number of furan rings is 1. The monoisotopic (exact) mass is 656 g/mol. The number of thiophene rings is 1. The number of nitrogens with zero attached hydrogens (tertiary/aromatic N) is 2. The molecule has 4 heteroatoms. The lowest BCUT2D eigenvalue weighted by atomic mass is 10.0. The first-order chi connectivity index (χ1) is 24.8. The summed E-state index contributed by atoms with van der Waals surface area (Å²) in [6, 6.07) is 61.4. The Balaban J connectivity index is 1.22. The molecule has 0 aliphatic carbocycles. The van der Waals surface area contributed by atoms with Crippen LogP contribution in [0.25, 0.3) is 80.4 Å². The van der Waals surface area contributed by atoms with Gasteiger partial charge in [0.25, 0.3) is 0 Å². The first-order valence-corrected chi connectivity index (χ1v) is 17.7. The van der Waals surface area contributed by atoms with Crippen LogP contribution >= 0.6 is 11.3 Å². The number of aromatic nitrogens is 1. The lowest BCUT2D eigenvalue weighted by molar-refractivity contribution is 0.669. The van der Waals surface area contributed by atoms with Crippen molar-refractivity contribution < 1.29 is 4.42 Å². The predicted molar refractivity (Wildman–Crippen MR) is 213 cm³/mol. The maximum atomic E-state index is 6.29. The second-order valence-corrected chi connectivity index (χ2v) is 14.0. The highest BCUT2D eigenvalue weighted by Gasteiger charge is 2.22. The number of hydrogen-bond acceptors (Lipinski definition) is 3. The highest BCUT2D eigenvalue weighted by molar-refractivity contribution is 7.26. The van der Waals surface area contributed by atoms with E-state index in [9.17, 15) is 0 Å². The molecule has 8 aromatic carbocycles. The lowest BCUT2D eigenvalue weighted by Gasteiger charge is -2.27. The number of fused-ring (bicyclic) bond motifs is 10. The fourth-order valence-electron chi connectivity index (χ4n) is 7.91. The molecule has 0 radical (unpaired) electrons. The van der Waals surface area contributed by atoms with E-state index in [-0.39, 0.29) is 0 Å². The molecule has 0 saturated heterocycles. The van der Waals surface area contributed by atoms with E-state index in [1.165, 1.54) is 52.8 Å². The first-order valence-electron chi connectivity index (χ1n) is 16.9. The van der Waals surface area contributed by atoms with Gasteiger partial charge in [-0.15, -0.1) is 11.3 Å². The SMILES string of the molecule is c1ccc(-n2c3ccccc3c3cc(N(c4ccc5oc6ccccc6c5c4)c4cccc5sc6cc7ccccc7cc6c45)ccc32)cc1. The molecule has 234 valence electrons. The van der Waals surface area contributed by atoms with E-state index in [1.807, 2.05) is 23.5 Å². The Labute approximate surface area is 291 Å². The predicted octanol–water partition coefficient (Wildman–Crippen LogP) is 13.7. The second-order valence-electron chi connectivity index (χ2n) is 13.0. The van der Waals surface area contributed by atoms with Gasteiger partial charge in [-0.2, -0.15) is 0 Å². The summed E-state index contributed by atoms with van der Waals surface area (Å²) in [5.74, 6) is 0. The largest absolute Gasteiger partial charge is 0.456 e. The van der Waals surface area contributed by atoms with Gasteiger partial charge in [-0.25, -0.2) is 0 Å². The minimum absolute atomic E-state index is 0.891. The Kier molecular flexibility index (Phi) is 5.83. The molecular formula is C46H28N2OS. The maximum absolute atomic E-state index is 6.29. The number of hydrogen-bond donors (Lipinski definition) is 0. The zero-order valence-electron chi connectivity index (χ0n) is 26.9. The van der Waals surface area contributed by atoms with E-state index in [2.05, 4.69) is 167 Å². The molecule has 11 rings (SSSR count). The van der Waals surface area contributed by atoms with Crippen molar-refractivity contribution in [1.82, 2.24) is 4.57 Å². The summed E-state index contributed by atoms with van der Waals surface area (Å²) in [7, 11) is 0. The Hall–Kier alpha value is -6.36. The van der Waals surface area contributed by atoms with Crippen molar-refractivity contribution in [2.24, 2.45) is 0 Å². The first kappa shape index (κ1) is 27.6. The van der Waals surface area contributed by atoms with Gasteiger partial charge in [-0.3, -0.25) is 0 Å². The molecule has 0 aliphatic rings. The highest BCUT2D eigenvalue weighted by Crippen LogP contribution is 2.47. The number of anilines is 3. The van der Waals surface area contributed by atoms with Crippen LogP contribution < -0.4 is 4.90 Å². The van der Waals surface area contributed by atoms with Crippen molar-refractivity contribution >= 4 is 103 Å². The van der Waals surface area contributed by atoms with Gasteiger partial charge < -0.3 is 13.9 Å². The van der Waals surface area contributed by atoms with E-state index in [0.717, 1.165) is 44.7 Å². The summed E-state index contributed by atoms with van der Waals surface area (Å²) < 4.78 is 11.2. The maximum Gasteiger partial charge on any atom is 0.135 e. The summed E-state index contributed by atoms with van der Waals surface area (Å²) >= 11 is 1.86. The third-order valence-electron chi connectivity index (χ3n) is 10.1. The third kappa shape index (κ3) is 4.03. The average molecular weight is 657 g/mol. The molecule has 0 bridgehead atoms. The normalized spacial score (nSPS) is 12.0. The smallest absolute Gasteiger partial charge is 0.135 e. The molecule has 3 aromatic heterocycles. The van der Waals surface area contributed by atoms with Crippen LogP contribution in [0.4, 0.5) is 17.1 Å². The van der Waals surface area contributed by atoms with Crippen LogP contribution in [0.1, 0.15) is 0 Å². The third-order valence-corrected chi connectivity index (χ3v) is 11.2. The van der Waals surface area contributed by atoms with E-state index in [1.54, 1.807) is 0 Å². The van der Waals surface area contributed by atoms with Gasteiger partial charge in [-0.05, 0) is 95.7 Å². The minimum Gasteiger partial charge on any atom is -0.456 e.